The highest BCUT2D eigenvalue weighted by Gasteiger charge is 2.21. The van der Waals surface area contributed by atoms with Gasteiger partial charge in [-0.3, -0.25) is 0 Å². The van der Waals surface area contributed by atoms with Crippen LogP contribution in [0, 0.1) is 0 Å². The fourth-order valence-corrected chi connectivity index (χ4v) is 7.90. The minimum atomic E-state index is 0.588. The number of benzene rings is 8. The molecular weight excluding hydrogens is 661 g/mol. The highest BCUT2D eigenvalue weighted by molar-refractivity contribution is 6.22. The van der Waals surface area contributed by atoms with Crippen LogP contribution in [0.2, 0.25) is 0 Å². The number of furan rings is 1. The van der Waals surface area contributed by atoms with E-state index in [9.17, 15) is 0 Å². The van der Waals surface area contributed by atoms with E-state index < -0.39 is 0 Å². The summed E-state index contributed by atoms with van der Waals surface area (Å²) < 4.78 is 9.36. The maximum Gasteiger partial charge on any atom is 0.164 e. The Labute approximate surface area is 310 Å². The summed E-state index contributed by atoms with van der Waals surface area (Å²) in [6, 6.07) is 63.3. The van der Waals surface area contributed by atoms with Crippen molar-refractivity contribution in [3.8, 4) is 51.0 Å². The lowest BCUT2D eigenvalue weighted by molar-refractivity contribution is 0.666. The number of aromatic nitrogens is 4. The van der Waals surface area contributed by atoms with Crippen LogP contribution in [0.5, 0.6) is 0 Å². The Morgan fingerprint density at radius 2 is 0.963 bits per heavy atom. The Morgan fingerprint density at radius 3 is 1.67 bits per heavy atom. The fourth-order valence-electron chi connectivity index (χ4n) is 7.90. The van der Waals surface area contributed by atoms with Crippen molar-refractivity contribution < 1.29 is 4.42 Å². The van der Waals surface area contributed by atoms with E-state index in [1.54, 1.807) is 0 Å². The summed E-state index contributed by atoms with van der Waals surface area (Å²) in [6.07, 6.45) is 0. The van der Waals surface area contributed by atoms with E-state index in [1.165, 1.54) is 21.5 Å². The number of nitrogens with zero attached hydrogens (tertiary/aromatic N) is 4. The van der Waals surface area contributed by atoms with Gasteiger partial charge in [-0.1, -0.05) is 146 Å². The molecule has 8 aromatic carbocycles. The van der Waals surface area contributed by atoms with Crippen LogP contribution in [0.25, 0.3) is 105 Å². The Hall–Kier alpha value is -7.37. The van der Waals surface area contributed by atoms with Crippen molar-refractivity contribution in [2.45, 2.75) is 0 Å². The molecule has 5 nitrogen and oxygen atoms in total. The maximum absolute atomic E-state index is 6.98. The van der Waals surface area contributed by atoms with Gasteiger partial charge in [0.1, 0.15) is 5.58 Å². The van der Waals surface area contributed by atoms with Gasteiger partial charge in [0.15, 0.2) is 23.1 Å². The van der Waals surface area contributed by atoms with Crippen LogP contribution >= 0.6 is 0 Å². The quantitative estimate of drug-likeness (QED) is 0.180. The van der Waals surface area contributed by atoms with Crippen LogP contribution in [-0.2, 0) is 0 Å². The molecule has 54 heavy (non-hydrogen) atoms. The fraction of sp³-hybridized carbons (Fsp3) is 0. The van der Waals surface area contributed by atoms with Crippen LogP contribution < -0.4 is 0 Å². The molecule has 5 heteroatoms. The summed E-state index contributed by atoms with van der Waals surface area (Å²) in [6.45, 7) is 0. The van der Waals surface area contributed by atoms with Gasteiger partial charge in [-0.2, -0.15) is 0 Å². The lowest BCUT2D eigenvalue weighted by Gasteiger charge is -2.12. The lowest BCUT2D eigenvalue weighted by Crippen LogP contribution is -2.00. The minimum absolute atomic E-state index is 0.588. The number of hydrogen-bond acceptors (Lipinski definition) is 4. The molecule has 0 spiro atoms. The normalized spacial score (nSPS) is 11.7. The molecule has 0 saturated heterocycles. The molecule has 3 heterocycles. The van der Waals surface area contributed by atoms with Gasteiger partial charge in [0.2, 0.25) is 0 Å². The number of para-hydroxylation sites is 1. The van der Waals surface area contributed by atoms with Gasteiger partial charge < -0.3 is 8.98 Å². The molecule has 0 radical (unpaired) electrons. The molecule has 252 valence electrons. The van der Waals surface area contributed by atoms with Gasteiger partial charge in [0, 0.05) is 38.2 Å². The zero-order chi connectivity index (χ0) is 35.6. The van der Waals surface area contributed by atoms with Crippen LogP contribution in [0.3, 0.4) is 0 Å². The number of hydrogen-bond donors (Lipinski definition) is 0. The van der Waals surface area contributed by atoms with Crippen molar-refractivity contribution in [1.82, 2.24) is 19.5 Å². The van der Waals surface area contributed by atoms with Gasteiger partial charge in [-0.25, -0.2) is 15.0 Å². The standard InChI is InChI=1S/C49H30N4O/c1-4-14-31(15-5-1)36-28-40-38-26-24-35(49-51-47(33-17-6-2-7-18-33)50-48(52-49)34-19-8-3-9-20-34)30-44(38)54-46(40)43(29-36)53-41-23-13-12-22-39(41)45-37-21-11-10-16-32(37)25-27-42(45)53/h1-30H. The molecule has 0 fully saturated rings. The predicted molar refractivity (Wildman–Crippen MR) is 221 cm³/mol. The Bertz CT molecular complexity index is 3140. The summed E-state index contributed by atoms with van der Waals surface area (Å²) in [5, 5.41) is 6.97. The first-order chi connectivity index (χ1) is 26.8. The zero-order valence-corrected chi connectivity index (χ0v) is 29.0. The number of fused-ring (bicyclic) bond motifs is 8. The molecule has 3 aromatic heterocycles. The Morgan fingerprint density at radius 1 is 0.370 bits per heavy atom. The van der Waals surface area contributed by atoms with Crippen LogP contribution in [0.1, 0.15) is 0 Å². The van der Waals surface area contributed by atoms with Crippen molar-refractivity contribution in [3.05, 3.63) is 182 Å². The van der Waals surface area contributed by atoms with E-state index in [4.69, 9.17) is 19.4 Å². The monoisotopic (exact) mass is 690 g/mol. The van der Waals surface area contributed by atoms with E-state index in [0.29, 0.717) is 17.5 Å². The highest BCUT2D eigenvalue weighted by Crippen LogP contribution is 2.43. The highest BCUT2D eigenvalue weighted by atomic mass is 16.3. The van der Waals surface area contributed by atoms with Crippen molar-refractivity contribution in [2.75, 3.05) is 0 Å². The second-order valence-corrected chi connectivity index (χ2v) is 13.6. The number of rotatable bonds is 5. The summed E-state index contributed by atoms with van der Waals surface area (Å²) >= 11 is 0. The third kappa shape index (κ3) is 4.83. The Kier molecular flexibility index (Phi) is 6.79. The average molecular weight is 691 g/mol. The van der Waals surface area contributed by atoms with Crippen LogP contribution in [-0.4, -0.2) is 19.5 Å². The second kappa shape index (κ2) is 12.1. The van der Waals surface area contributed by atoms with Crippen molar-refractivity contribution in [3.63, 3.8) is 0 Å². The summed E-state index contributed by atoms with van der Waals surface area (Å²) in [4.78, 5) is 14.9. The van der Waals surface area contributed by atoms with E-state index >= 15 is 0 Å². The molecule has 0 atom stereocenters. The summed E-state index contributed by atoms with van der Waals surface area (Å²) in [7, 11) is 0. The van der Waals surface area contributed by atoms with E-state index in [1.807, 2.05) is 60.7 Å². The molecule has 0 aliphatic heterocycles. The first-order valence-electron chi connectivity index (χ1n) is 18.1. The SMILES string of the molecule is c1ccc(-c2cc(-n3c4ccccc4c4c5ccccc5ccc43)c3oc4cc(-c5nc(-c6ccccc6)nc(-c6ccccc6)n5)ccc4c3c2)cc1. The molecule has 0 aliphatic carbocycles. The molecule has 11 rings (SSSR count). The molecule has 11 aromatic rings. The topological polar surface area (TPSA) is 56.7 Å². The van der Waals surface area contributed by atoms with Crippen molar-refractivity contribution in [2.24, 2.45) is 0 Å². The summed E-state index contributed by atoms with van der Waals surface area (Å²) in [5.41, 5.74) is 9.82. The minimum Gasteiger partial charge on any atom is -0.454 e. The molecule has 0 saturated carbocycles. The molecule has 0 amide bonds. The third-order valence-corrected chi connectivity index (χ3v) is 10.4. The van der Waals surface area contributed by atoms with Gasteiger partial charge in [-0.05, 0) is 58.3 Å². The molecule has 0 aliphatic rings. The lowest BCUT2D eigenvalue weighted by atomic mass is 10.0. The maximum atomic E-state index is 6.98. The summed E-state index contributed by atoms with van der Waals surface area (Å²) in [5.74, 6) is 1.83. The molecule has 0 unspecified atom stereocenters. The van der Waals surface area contributed by atoms with Crippen LogP contribution in [0.15, 0.2) is 186 Å². The van der Waals surface area contributed by atoms with Crippen molar-refractivity contribution >= 4 is 54.5 Å². The average Bonchev–Trinajstić information content (AvgIpc) is 3.80. The van der Waals surface area contributed by atoms with Gasteiger partial charge in [0.05, 0.1) is 16.7 Å². The first-order valence-corrected chi connectivity index (χ1v) is 18.1. The first kappa shape index (κ1) is 30.3. The van der Waals surface area contributed by atoms with Gasteiger partial charge in [-0.15, -0.1) is 0 Å². The molecular formula is C49H30N4O. The van der Waals surface area contributed by atoms with Gasteiger partial charge in [0.25, 0.3) is 0 Å². The zero-order valence-electron chi connectivity index (χ0n) is 29.0. The Balaban J connectivity index is 1.18. The van der Waals surface area contributed by atoms with Crippen molar-refractivity contribution in [1.29, 1.82) is 0 Å². The van der Waals surface area contributed by atoms with E-state index in [-0.39, 0.29) is 0 Å². The van der Waals surface area contributed by atoms with E-state index in [0.717, 1.165) is 66.5 Å². The largest absolute Gasteiger partial charge is 0.454 e. The second-order valence-electron chi connectivity index (χ2n) is 13.6. The smallest absolute Gasteiger partial charge is 0.164 e. The third-order valence-electron chi connectivity index (χ3n) is 10.4. The van der Waals surface area contributed by atoms with E-state index in [2.05, 4.69) is 126 Å². The predicted octanol–water partition coefficient (Wildman–Crippen LogP) is 12.7. The molecule has 0 N–H and O–H groups in total. The van der Waals surface area contributed by atoms with Gasteiger partial charge >= 0.3 is 0 Å². The van der Waals surface area contributed by atoms with Crippen LogP contribution in [0.4, 0.5) is 0 Å². The molecule has 0 bridgehead atoms.